The monoisotopic (exact) mass is 232 g/mol. The lowest BCUT2D eigenvalue weighted by Crippen LogP contribution is -2.01. The van der Waals surface area contributed by atoms with Gasteiger partial charge in [-0.3, -0.25) is 0 Å². The van der Waals surface area contributed by atoms with Crippen LogP contribution in [0, 0.1) is 0 Å². The highest BCUT2D eigenvalue weighted by atomic mass is 16.5. The molecule has 0 amide bonds. The van der Waals surface area contributed by atoms with Gasteiger partial charge in [0.05, 0.1) is 12.7 Å². The third-order valence-electron chi connectivity index (χ3n) is 2.68. The fraction of sp³-hybridized carbons (Fsp3) is 0.357. The summed E-state index contributed by atoms with van der Waals surface area (Å²) in [6.45, 7) is 2.18. The van der Waals surface area contributed by atoms with Crippen molar-refractivity contribution in [1.29, 1.82) is 0 Å². The predicted molar refractivity (Wildman–Crippen MR) is 64.2 cm³/mol. The number of rotatable bonds is 3. The minimum Gasteiger partial charge on any atom is -0.490 e. The Bertz CT molecular complexity index is 409. The van der Waals surface area contributed by atoms with Crippen molar-refractivity contribution in [3.8, 4) is 0 Å². The lowest BCUT2D eigenvalue weighted by atomic mass is 10.1. The van der Waals surface area contributed by atoms with E-state index in [9.17, 15) is 4.79 Å². The fourth-order valence-corrected chi connectivity index (χ4v) is 1.90. The molecule has 3 heteroatoms. The van der Waals surface area contributed by atoms with Crippen LogP contribution in [0.2, 0.25) is 0 Å². The summed E-state index contributed by atoms with van der Waals surface area (Å²) in [4.78, 5) is 11.3. The van der Waals surface area contributed by atoms with Gasteiger partial charge in [0.1, 0.15) is 11.9 Å². The molecule has 1 aliphatic rings. The van der Waals surface area contributed by atoms with Gasteiger partial charge in [0.25, 0.3) is 0 Å². The quantitative estimate of drug-likeness (QED) is 0.593. The lowest BCUT2D eigenvalue weighted by Gasteiger charge is -2.10. The van der Waals surface area contributed by atoms with Crippen molar-refractivity contribution in [1.82, 2.24) is 0 Å². The molecule has 17 heavy (non-hydrogen) atoms. The van der Waals surface area contributed by atoms with E-state index >= 15 is 0 Å². The number of carbonyl (C=O) groups excluding carboxylic acids is 1. The molecule has 0 aromatic heterocycles. The number of ether oxygens (including phenoxy) is 2. The third kappa shape index (κ3) is 3.09. The molecule has 1 aliphatic heterocycles. The van der Waals surface area contributed by atoms with Crippen LogP contribution in [0.3, 0.4) is 0 Å². The largest absolute Gasteiger partial charge is 0.490 e. The summed E-state index contributed by atoms with van der Waals surface area (Å²) in [5.41, 5.74) is 1.15. The van der Waals surface area contributed by atoms with Crippen molar-refractivity contribution in [2.24, 2.45) is 0 Å². The van der Waals surface area contributed by atoms with Crippen LogP contribution < -0.4 is 0 Å². The smallest absolute Gasteiger partial charge is 0.334 e. The van der Waals surface area contributed by atoms with Crippen LogP contribution in [0.5, 0.6) is 0 Å². The van der Waals surface area contributed by atoms with E-state index in [1.165, 1.54) is 6.08 Å². The molecule has 1 atom stereocenters. The van der Waals surface area contributed by atoms with Gasteiger partial charge in [-0.25, -0.2) is 4.79 Å². The second-order valence-electron chi connectivity index (χ2n) is 3.92. The van der Waals surface area contributed by atoms with E-state index in [0.717, 1.165) is 24.2 Å². The molecule has 1 aromatic rings. The molecular formula is C14H16O3. The first kappa shape index (κ1) is 11.7. The van der Waals surface area contributed by atoms with Crippen LogP contribution in [0.4, 0.5) is 0 Å². The van der Waals surface area contributed by atoms with Crippen LogP contribution >= 0.6 is 0 Å². The summed E-state index contributed by atoms with van der Waals surface area (Å²) < 4.78 is 10.6. The zero-order valence-corrected chi connectivity index (χ0v) is 9.89. The zero-order chi connectivity index (χ0) is 12.1. The summed E-state index contributed by atoms with van der Waals surface area (Å²) in [7, 11) is 0. The topological polar surface area (TPSA) is 35.5 Å². The SMILES string of the molecule is CCOC(=O)/C=C1\CCC(c2ccccc2)O1. The van der Waals surface area contributed by atoms with Crippen molar-refractivity contribution in [2.45, 2.75) is 25.9 Å². The summed E-state index contributed by atoms with van der Waals surface area (Å²) in [5, 5.41) is 0. The Labute approximate surface area is 101 Å². The molecule has 2 rings (SSSR count). The first-order valence-electron chi connectivity index (χ1n) is 5.88. The van der Waals surface area contributed by atoms with Gasteiger partial charge in [-0.05, 0) is 18.9 Å². The lowest BCUT2D eigenvalue weighted by molar-refractivity contribution is -0.137. The molecule has 0 N–H and O–H groups in total. The second-order valence-corrected chi connectivity index (χ2v) is 3.92. The van der Waals surface area contributed by atoms with E-state index < -0.39 is 0 Å². The van der Waals surface area contributed by atoms with Gasteiger partial charge in [0.15, 0.2) is 0 Å². The van der Waals surface area contributed by atoms with Crippen molar-refractivity contribution in [3.05, 3.63) is 47.7 Å². The van der Waals surface area contributed by atoms with Crippen LogP contribution in [0.15, 0.2) is 42.2 Å². The third-order valence-corrected chi connectivity index (χ3v) is 2.68. The molecule has 1 fully saturated rings. The molecule has 0 bridgehead atoms. The van der Waals surface area contributed by atoms with Crippen molar-refractivity contribution < 1.29 is 14.3 Å². The van der Waals surface area contributed by atoms with E-state index in [1.54, 1.807) is 6.92 Å². The number of esters is 1. The molecule has 0 radical (unpaired) electrons. The zero-order valence-electron chi connectivity index (χ0n) is 9.89. The van der Waals surface area contributed by atoms with Crippen LogP contribution in [-0.2, 0) is 14.3 Å². The van der Waals surface area contributed by atoms with Gasteiger partial charge < -0.3 is 9.47 Å². The highest BCUT2D eigenvalue weighted by Crippen LogP contribution is 2.34. The molecule has 1 heterocycles. The Morgan fingerprint density at radius 1 is 1.47 bits per heavy atom. The van der Waals surface area contributed by atoms with E-state index in [4.69, 9.17) is 9.47 Å². The number of hydrogen-bond acceptors (Lipinski definition) is 3. The summed E-state index contributed by atoms with van der Waals surface area (Å²) in [6.07, 6.45) is 3.22. The molecular weight excluding hydrogens is 216 g/mol. The first-order valence-corrected chi connectivity index (χ1v) is 5.88. The van der Waals surface area contributed by atoms with Gasteiger partial charge in [-0.2, -0.15) is 0 Å². The van der Waals surface area contributed by atoms with Gasteiger partial charge in [-0.1, -0.05) is 30.3 Å². The summed E-state index contributed by atoms with van der Waals surface area (Å²) in [5.74, 6) is 0.397. The number of allylic oxidation sites excluding steroid dienone is 1. The Morgan fingerprint density at radius 2 is 2.24 bits per heavy atom. The first-order chi connectivity index (χ1) is 8.29. The standard InChI is InChI=1S/C14H16O3/c1-2-16-14(15)10-12-8-9-13(17-12)11-6-4-3-5-7-11/h3-7,10,13H,2,8-9H2,1H3/b12-10+. The highest BCUT2D eigenvalue weighted by Gasteiger charge is 2.22. The van der Waals surface area contributed by atoms with Gasteiger partial charge in [0.2, 0.25) is 0 Å². The Balaban J connectivity index is 1.98. The van der Waals surface area contributed by atoms with Crippen LogP contribution in [0.25, 0.3) is 0 Å². The summed E-state index contributed by atoms with van der Waals surface area (Å²) in [6, 6.07) is 10.0. The predicted octanol–water partition coefficient (Wildman–Crippen LogP) is 2.99. The molecule has 1 aromatic carbocycles. The van der Waals surface area contributed by atoms with E-state index in [-0.39, 0.29) is 12.1 Å². The van der Waals surface area contributed by atoms with E-state index in [0.29, 0.717) is 6.61 Å². The Kier molecular flexibility index (Phi) is 3.81. The number of benzene rings is 1. The molecule has 0 spiro atoms. The van der Waals surface area contributed by atoms with Crippen molar-refractivity contribution >= 4 is 5.97 Å². The molecule has 1 unspecified atom stereocenters. The minimum absolute atomic E-state index is 0.0666. The van der Waals surface area contributed by atoms with Gasteiger partial charge in [0, 0.05) is 6.42 Å². The molecule has 0 saturated carbocycles. The summed E-state index contributed by atoms with van der Waals surface area (Å²) >= 11 is 0. The second kappa shape index (κ2) is 5.53. The Morgan fingerprint density at radius 3 is 2.94 bits per heavy atom. The van der Waals surface area contributed by atoms with Crippen molar-refractivity contribution in [3.63, 3.8) is 0 Å². The highest BCUT2D eigenvalue weighted by molar-refractivity contribution is 5.82. The molecule has 90 valence electrons. The normalized spacial score (nSPS) is 21.2. The van der Waals surface area contributed by atoms with Crippen LogP contribution in [0.1, 0.15) is 31.4 Å². The van der Waals surface area contributed by atoms with Crippen molar-refractivity contribution in [2.75, 3.05) is 6.61 Å². The Hall–Kier alpha value is -1.77. The van der Waals surface area contributed by atoms with E-state index in [2.05, 4.69) is 0 Å². The van der Waals surface area contributed by atoms with E-state index in [1.807, 2.05) is 30.3 Å². The van der Waals surface area contributed by atoms with Gasteiger partial charge >= 0.3 is 5.97 Å². The van der Waals surface area contributed by atoms with Crippen LogP contribution in [-0.4, -0.2) is 12.6 Å². The minimum atomic E-state index is -0.323. The average molecular weight is 232 g/mol. The molecule has 3 nitrogen and oxygen atoms in total. The maximum Gasteiger partial charge on any atom is 0.334 e. The molecule has 1 saturated heterocycles. The number of hydrogen-bond donors (Lipinski definition) is 0. The molecule has 0 aliphatic carbocycles. The maximum atomic E-state index is 11.3. The average Bonchev–Trinajstić information content (AvgIpc) is 2.79. The number of carbonyl (C=O) groups is 1. The fourth-order valence-electron chi connectivity index (χ4n) is 1.90. The maximum absolute atomic E-state index is 11.3. The van der Waals surface area contributed by atoms with Gasteiger partial charge in [-0.15, -0.1) is 0 Å².